The van der Waals surface area contributed by atoms with Crippen LogP contribution in [0.2, 0.25) is 0 Å². The van der Waals surface area contributed by atoms with Gasteiger partial charge in [0.25, 0.3) is 0 Å². The van der Waals surface area contributed by atoms with E-state index in [-0.39, 0.29) is 5.69 Å². The van der Waals surface area contributed by atoms with Crippen molar-refractivity contribution in [3.8, 4) is 11.3 Å². The second-order valence-corrected chi connectivity index (χ2v) is 3.68. The lowest BCUT2D eigenvalue weighted by Crippen LogP contribution is -1.94. The van der Waals surface area contributed by atoms with Crippen molar-refractivity contribution in [3.63, 3.8) is 0 Å². The minimum atomic E-state index is -1.12. The Morgan fingerprint density at radius 3 is 2.47 bits per heavy atom. The molecule has 0 bridgehead atoms. The molecule has 0 aliphatic rings. The standard InChI is InChI=1S/C12H11NO4/c1-7(14)8-2-4-9(5-3-8)11-6-10(12(15)16)13-17-11/h2-7,14H,1H3,(H,15,16). The number of carboxylic acids is 1. The lowest BCUT2D eigenvalue weighted by Gasteiger charge is -2.04. The lowest BCUT2D eigenvalue weighted by molar-refractivity contribution is 0.0686. The highest BCUT2D eigenvalue weighted by molar-refractivity contribution is 5.86. The second-order valence-electron chi connectivity index (χ2n) is 3.68. The molecule has 2 aromatic rings. The molecule has 0 saturated heterocycles. The van der Waals surface area contributed by atoms with Crippen LogP contribution < -0.4 is 0 Å². The first-order chi connectivity index (χ1) is 8.08. The third-order valence-corrected chi connectivity index (χ3v) is 2.41. The van der Waals surface area contributed by atoms with Gasteiger partial charge in [0.15, 0.2) is 11.5 Å². The van der Waals surface area contributed by atoms with Gasteiger partial charge in [-0.2, -0.15) is 0 Å². The Kier molecular flexibility index (Phi) is 2.93. The van der Waals surface area contributed by atoms with Gasteiger partial charge >= 0.3 is 5.97 Å². The zero-order valence-corrected chi connectivity index (χ0v) is 9.12. The molecule has 2 N–H and O–H groups in total. The molecule has 1 aromatic heterocycles. The van der Waals surface area contributed by atoms with Gasteiger partial charge in [-0.15, -0.1) is 0 Å². The Hall–Kier alpha value is -2.14. The highest BCUT2D eigenvalue weighted by Crippen LogP contribution is 2.22. The molecule has 1 unspecified atom stereocenters. The van der Waals surface area contributed by atoms with Gasteiger partial charge in [0.2, 0.25) is 0 Å². The van der Waals surface area contributed by atoms with Crippen LogP contribution in [-0.2, 0) is 0 Å². The molecule has 1 aromatic carbocycles. The molecule has 88 valence electrons. The molecular formula is C12H11NO4. The monoisotopic (exact) mass is 233 g/mol. The van der Waals surface area contributed by atoms with E-state index < -0.39 is 12.1 Å². The molecule has 0 saturated carbocycles. The number of carbonyl (C=O) groups is 1. The van der Waals surface area contributed by atoms with Crippen molar-refractivity contribution in [2.45, 2.75) is 13.0 Å². The molecular weight excluding hydrogens is 222 g/mol. The van der Waals surface area contributed by atoms with E-state index in [1.165, 1.54) is 6.07 Å². The number of aromatic nitrogens is 1. The van der Waals surface area contributed by atoms with Gasteiger partial charge in [-0.05, 0) is 12.5 Å². The van der Waals surface area contributed by atoms with Gasteiger partial charge in [-0.3, -0.25) is 0 Å². The molecule has 17 heavy (non-hydrogen) atoms. The molecule has 5 heteroatoms. The van der Waals surface area contributed by atoms with E-state index in [1.807, 2.05) is 0 Å². The van der Waals surface area contributed by atoms with Crippen LogP contribution in [0.15, 0.2) is 34.9 Å². The Morgan fingerprint density at radius 1 is 1.35 bits per heavy atom. The maximum Gasteiger partial charge on any atom is 0.358 e. The minimum absolute atomic E-state index is 0.125. The SMILES string of the molecule is CC(O)c1ccc(-c2cc(C(=O)O)no2)cc1. The van der Waals surface area contributed by atoms with Crippen molar-refractivity contribution in [1.82, 2.24) is 5.16 Å². The summed E-state index contributed by atoms with van der Waals surface area (Å²) in [4.78, 5) is 10.6. The average Bonchev–Trinajstić information content (AvgIpc) is 2.78. The van der Waals surface area contributed by atoms with Crippen LogP contribution in [0.3, 0.4) is 0 Å². The highest BCUT2D eigenvalue weighted by atomic mass is 16.5. The lowest BCUT2D eigenvalue weighted by atomic mass is 10.1. The number of aromatic carboxylic acids is 1. The van der Waals surface area contributed by atoms with Gasteiger partial charge in [-0.1, -0.05) is 29.4 Å². The van der Waals surface area contributed by atoms with E-state index in [2.05, 4.69) is 5.16 Å². The van der Waals surface area contributed by atoms with Crippen LogP contribution in [0, 0.1) is 0 Å². The van der Waals surface area contributed by atoms with E-state index in [4.69, 9.17) is 9.63 Å². The van der Waals surface area contributed by atoms with Crippen molar-refractivity contribution < 1.29 is 19.5 Å². The fourth-order valence-electron chi connectivity index (χ4n) is 1.44. The number of carboxylic acid groups (broad SMARTS) is 1. The highest BCUT2D eigenvalue weighted by Gasteiger charge is 2.12. The van der Waals surface area contributed by atoms with Crippen LogP contribution in [-0.4, -0.2) is 21.3 Å². The predicted octanol–water partition coefficient (Wildman–Crippen LogP) is 2.09. The molecule has 1 atom stereocenters. The van der Waals surface area contributed by atoms with Gasteiger partial charge < -0.3 is 14.7 Å². The van der Waals surface area contributed by atoms with E-state index in [0.717, 1.165) is 11.1 Å². The first kappa shape index (κ1) is 11.3. The molecule has 2 rings (SSSR count). The summed E-state index contributed by atoms with van der Waals surface area (Å²) in [6.07, 6.45) is -0.534. The summed E-state index contributed by atoms with van der Waals surface area (Å²) in [5.41, 5.74) is 1.38. The third kappa shape index (κ3) is 2.34. The van der Waals surface area contributed by atoms with Crippen molar-refractivity contribution in [1.29, 1.82) is 0 Å². The van der Waals surface area contributed by atoms with Crippen LogP contribution in [0.5, 0.6) is 0 Å². The van der Waals surface area contributed by atoms with Crippen LogP contribution >= 0.6 is 0 Å². The normalized spacial score (nSPS) is 12.4. The number of hydrogen-bond acceptors (Lipinski definition) is 4. The van der Waals surface area contributed by atoms with Crippen LogP contribution in [0.4, 0.5) is 0 Å². The number of hydrogen-bond donors (Lipinski definition) is 2. The summed E-state index contributed by atoms with van der Waals surface area (Å²) < 4.78 is 4.92. The van der Waals surface area contributed by atoms with Crippen LogP contribution in [0.1, 0.15) is 29.1 Å². The fourth-order valence-corrected chi connectivity index (χ4v) is 1.44. The number of nitrogens with zero attached hydrogens (tertiary/aromatic N) is 1. The molecule has 0 aliphatic carbocycles. The number of rotatable bonds is 3. The molecule has 0 radical (unpaired) electrons. The Morgan fingerprint density at radius 2 is 2.00 bits per heavy atom. The van der Waals surface area contributed by atoms with Gasteiger partial charge in [0, 0.05) is 11.6 Å². The summed E-state index contributed by atoms with van der Waals surface area (Å²) in [5.74, 6) is -0.736. The van der Waals surface area contributed by atoms with E-state index >= 15 is 0 Å². The first-order valence-electron chi connectivity index (χ1n) is 5.06. The topological polar surface area (TPSA) is 83.6 Å². The zero-order chi connectivity index (χ0) is 12.4. The van der Waals surface area contributed by atoms with E-state index in [0.29, 0.717) is 5.76 Å². The average molecular weight is 233 g/mol. The predicted molar refractivity (Wildman–Crippen MR) is 59.5 cm³/mol. The molecule has 0 fully saturated rings. The minimum Gasteiger partial charge on any atom is -0.476 e. The van der Waals surface area contributed by atoms with Crippen molar-refractivity contribution in [2.24, 2.45) is 0 Å². The molecule has 0 spiro atoms. The van der Waals surface area contributed by atoms with Crippen molar-refractivity contribution >= 4 is 5.97 Å². The number of aliphatic hydroxyl groups is 1. The Bertz CT molecular complexity index is 528. The van der Waals surface area contributed by atoms with E-state index in [1.54, 1.807) is 31.2 Å². The largest absolute Gasteiger partial charge is 0.476 e. The zero-order valence-electron chi connectivity index (χ0n) is 9.12. The Labute approximate surface area is 97.3 Å². The fraction of sp³-hybridized carbons (Fsp3) is 0.167. The summed E-state index contributed by atoms with van der Waals surface area (Å²) in [5, 5.41) is 21.5. The summed E-state index contributed by atoms with van der Waals surface area (Å²) >= 11 is 0. The summed E-state index contributed by atoms with van der Waals surface area (Å²) in [7, 11) is 0. The molecule has 0 aliphatic heterocycles. The number of benzene rings is 1. The van der Waals surface area contributed by atoms with Crippen molar-refractivity contribution in [2.75, 3.05) is 0 Å². The molecule has 0 amide bonds. The summed E-state index contributed by atoms with van der Waals surface area (Å²) in [6.45, 7) is 1.67. The maximum absolute atomic E-state index is 10.6. The summed E-state index contributed by atoms with van der Waals surface area (Å²) in [6, 6.07) is 8.36. The second kappa shape index (κ2) is 4.39. The van der Waals surface area contributed by atoms with Gasteiger partial charge in [0.1, 0.15) is 0 Å². The maximum atomic E-state index is 10.6. The quantitative estimate of drug-likeness (QED) is 0.848. The molecule has 5 nitrogen and oxygen atoms in total. The van der Waals surface area contributed by atoms with Gasteiger partial charge in [-0.25, -0.2) is 4.79 Å². The smallest absolute Gasteiger partial charge is 0.358 e. The van der Waals surface area contributed by atoms with Crippen molar-refractivity contribution in [3.05, 3.63) is 41.6 Å². The van der Waals surface area contributed by atoms with Gasteiger partial charge in [0.05, 0.1) is 6.10 Å². The van der Waals surface area contributed by atoms with Crippen LogP contribution in [0.25, 0.3) is 11.3 Å². The molecule has 1 heterocycles. The third-order valence-electron chi connectivity index (χ3n) is 2.41. The Balaban J connectivity index is 2.30. The first-order valence-corrected chi connectivity index (χ1v) is 5.06. The number of aliphatic hydroxyl groups excluding tert-OH is 1. The van der Waals surface area contributed by atoms with E-state index in [9.17, 15) is 9.90 Å².